The third kappa shape index (κ3) is 1.69. The number of likely N-dealkylation sites (N-methyl/N-ethyl adjacent to an activating group) is 1. The number of aliphatic imine (C=N–C) groups is 1. The van der Waals surface area contributed by atoms with Crippen LogP contribution < -0.4 is 5.73 Å². The third-order valence-electron chi connectivity index (χ3n) is 4.27. The highest BCUT2D eigenvalue weighted by molar-refractivity contribution is 5.81. The molecule has 0 bridgehead atoms. The normalized spacial score (nSPS) is 35.8. The van der Waals surface area contributed by atoms with Crippen molar-refractivity contribution in [2.24, 2.45) is 16.6 Å². The second kappa shape index (κ2) is 3.62. The van der Waals surface area contributed by atoms with E-state index in [1.165, 1.54) is 32.2 Å². The molecule has 3 aliphatic rings. The molecule has 16 heavy (non-hydrogen) atoms. The maximum atomic E-state index is 6.06. The molecule has 2 heterocycles. The highest BCUT2D eigenvalue weighted by Crippen LogP contribution is 2.36. The average molecular weight is 222 g/mol. The maximum Gasteiger partial charge on any atom is 0.191 e. The summed E-state index contributed by atoms with van der Waals surface area (Å²) < 4.78 is 0. The van der Waals surface area contributed by atoms with E-state index in [9.17, 15) is 0 Å². The van der Waals surface area contributed by atoms with Gasteiger partial charge in [-0.3, -0.25) is 4.99 Å². The van der Waals surface area contributed by atoms with Gasteiger partial charge in [0.05, 0.1) is 12.1 Å². The van der Waals surface area contributed by atoms with Gasteiger partial charge in [-0.1, -0.05) is 0 Å². The van der Waals surface area contributed by atoms with Crippen molar-refractivity contribution in [1.82, 2.24) is 9.80 Å². The summed E-state index contributed by atoms with van der Waals surface area (Å²) in [4.78, 5) is 9.35. The topological polar surface area (TPSA) is 44.9 Å². The van der Waals surface area contributed by atoms with Crippen LogP contribution >= 0.6 is 0 Å². The first-order valence-electron chi connectivity index (χ1n) is 6.46. The Hall–Kier alpha value is -0.770. The molecule has 0 aromatic rings. The van der Waals surface area contributed by atoms with Gasteiger partial charge in [0.25, 0.3) is 0 Å². The Morgan fingerprint density at radius 1 is 1.50 bits per heavy atom. The van der Waals surface area contributed by atoms with E-state index < -0.39 is 0 Å². The lowest BCUT2D eigenvalue weighted by atomic mass is 9.88. The van der Waals surface area contributed by atoms with Crippen molar-refractivity contribution in [3.05, 3.63) is 0 Å². The van der Waals surface area contributed by atoms with E-state index in [1.54, 1.807) is 0 Å². The molecular formula is C12H22N4. The minimum absolute atomic E-state index is 0.236. The Labute approximate surface area is 97.5 Å². The molecule has 0 amide bonds. The molecule has 2 N–H and O–H groups in total. The van der Waals surface area contributed by atoms with Crippen LogP contribution in [0.5, 0.6) is 0 Å². The van der Waals surface area contributed by atoms with Crippen LogP contribution in [-0.2, 0) is 0 Å². The Morgan fingerprint density at radius 3 is 3.00 bits per heavy atom. The highest BCUT2D eigenvalue weighted by Gasteiger charge is 2.45. The van der Waals surface area contributed by atoms with Crippen LogP contribution in [0, 0.1) is 5.92 Å². The van der Waals surface area contributed by atoms with E-state index in [1.807, 2.05) is 0 Å². The fourth-order valence-electron chi connectivity index (χ4n) is 3.18. The number of nitrogens with zero attached hydrogens (tertiary/aromatic N) is 3. The molecule has 1 saturated heterocycles. The molecule has 1 atom stereocenters. The zero-order chi connectivity index (χ0) is 11.2. The maximum absolute atomic E-state index is 6.06. The summed E-state index contributed by atoms with van der Waals surface area (Å²) in [6.07, 6.45) is 5.31. The predicted octanol–water partition coefficient (Wildman–Crippen LogP) is 0.491. The van der Waals surface area contributed by atoms with Crippen LogP contribution in [0.1, 0.15) is 25.7 Å². The first-order valence-corrected chi connectivity index (χ1v) is 6.46. The van der Waals surface area contributed by atoms with Crippen LogP contribution in [0.3, 0.4) is 0 Å². The van der Waals surface area contributed by atoms with Gasteiger partial charge in [-0.05, 0) is 45.2 Å². The lowest BCUT2D eigenvalue weighted by Gasteiger charge is -2.45. The van der Waals surface area contributed by atoms with Crippen LogP contribution in [0.25, 0.3) is 0 Å². The summed E-state index contributed by atoms with van der Waals surface area (Å²) in [5.41, 5.74) is 6.30. The standard InChI is InChI=1S/C12H22N4/c1-15-6-2-5-12(9-15)8-14-11(13)16(12)7-10-3-4-10/h10H,2-9H2,1H3,(H2,13,14). The monoisotopic (exact) mass is 222 g/mol. The molecule has 90 valence electrons. The van der Waals surface area contributed by atoms with E-state index in [2.05, 4.69) is 21.8 Å². The lowest BCUT2D eigenvalue weighted by molar-refractivity contribution is 0.0853. The van der Waals surface area contributed by atoms with E-state index >= 15 is 0 Å². The number of nitrogens with two attached hydrogens (primary N) is 1. The zero-order valence-electron chi connectivity index (χ0n) is 10.2. The van der Waals surface area contributed by atoms with Gasteiger partial charge in [-0.2, -0.15) is 0 Å². The molecule has 1 spiro atoms. The minimum Gasteiger partial charge on any atom is -0.370 e. The first-order chi connectivity index (χ1) is 7.70. The number of hydrogen-bond acceptors (Lipinski definition) is 4. The molecule has 4 nitrogen and oxygen atoms in total. The quantitative estimate of drug-likeness (QED) is 0.739. The summed E-state index contributed by atoms with van der Waals surface area (Å²) in [7, 11) is 2.21. The van der Waals surface area contributed by atoms with Gasteiger partial charge >= 0.3 is 0 Å². The van der Waals surface area contributed by atoms with Crippen LogP contribution in [0.2, 0.25) is 0 Å². The minimum atomic E-state index is 0.236. The van der Waals surface area contributed by atoms with Gasteiger partial charge in [0.15, 0.2) is 5.96 Å². The molecule has 0 aromatic heterocycles. The molecule has 1 unspecified atom stereocenters. The number of hydrogen-bond donors (Lipinski definition) is 1. The molecule has 3 rings (SSSR count). The van der Waals surface area contributed by atoms with Crippen molar-refractivity contribution in [2.45, 2.75) is 31.2 Å². The lowest BCUT2D eigenvalue weighted by Crippen LogP contribution is -2.60. The van der Waals surface area contributed by atoms with E-state index in [0.717, 1.165) is 31.5 Å². The number of guanidine groups is 1. The molecular weight excluding hydrogens is 200 g/mol. The number of piperidine rings is 1. The Bertz CT molecular complexity index is 310. The molecule has 0 aromatic carbocycles. The van der Waals surface area contributed by atoms with Crippen molar-refractivity contribution >= 4 is 5.96 Å². The van der Waals surface area contributed by atoms with Crippen LogP contribution in [0.4, 0.5) is 0 Å². The second-order valence-corrected chi connectivity index (χ2v) is 5.79. The first kappa shape index (κ1) is 10.4. The van der Waals surface area contributed by atoms with Gasteiger partial charge in [0.1, 0.15) is 0 Å². The van der Waals surface area contributed by atoms with Crippen LogP contribution in [0.15, 0.2) is 4.99 Å². The molecule has 0 radical (unpaired) electrons. The van der Waals surface area contributed by atoms with E-state index in [-0.39, 0.29) is 5.54 Å². The van der Waals surface area contributed by atoms with E-state index in [4.69, 9.17) is 5.73 Å². The fourth-order valence-corrected chi connectivity index (χ4v) is 3.18. The smallest absolute Gasteiger partial charge is 0.191 e. The highest BCUT2D eigenvalue weighted by atomic mass is 15.4. The van der Waals surface area contributed by atoms with Crippen molar-refractivity contribution in [2.75, 3.05) is 33.2 Å². The predicted molar refractivity (Wildman–Crippen MR) is 65.4 cm³/mol. The summed E-state index contributed by atoms with van der Waals surface area (Å²) in [6, 6.07) is 0. The van der Waals surface area contributed by atoms with Crippen molar-refractivity contribution in [3.8, 4) is 0 Å². The summed E-state index contributed by atoms with van der Waals surface area (Å²) >= 11 is 0. The molecule has 2 fully saturated rings. The molecule has 1 saturated carbocycles. The number of rotatable bonds is 2. The van der Waals surface area contributed by atoms with Crippen molar-refractivity contribution in [3.63, 3.8) is 0 Å². The third-order valence-corrected chi connectivity index (χ3v) is 4.27. The summed E-state index contributed by atoms with van der Waals surface area (Å²) in [6.45, 7) is 4.40. The Balaban J connectivity index is 1.77. The van der Waals surface area contributed by atoms with E-state index in [0.29, 0.717) is 0 Å². The van der Waals surface area contributed by atoms with Gasteiger partial charge < -0.3 is 15.5 Å². The van der Waals surface area contributed by atoms with Gasteiger partial charge in [-0.15, -0.1) is 0 Å². The van der Waals surface area contributed by atoms with Gasteiger partial charge in [0.2, 0.25) is 0 Å². The fraction of sp³-hybridized carbons (Fsp3) is 0.917. The number of likely N-dealkylation sites (tertiary alicyclic amines) is 1. The van der Waals surface area contributed by atoms with Gasteiger partial charge in [-0.25, -0.2) is 0 Å². The molecule has 1 aliphatic carbocycles. The van der Waals surface area contributed by atoms with Crippen molar-refractivity contribution < 1.29 is 0 Å². The summed E-state index contributed by atoms with van der Waals surface area (Å²) in [5, 5.41) is 0. The molecule has 4 heteroatoms. The van der Waals surface area contributed by atoms with Gasteiger partial charge in [0, 0.05) is 13.1 Å². The largest absolute Gasteiger partial charge is 0.370 e. The zero-order valence-corrected chi connectivity index (χ0v) is 10.2. The Kier molecular flexibility index (Phi) is 2.35. The molecule has 2 aliphatic heterocycles. The SMILES string of the molecule is CN1CCCC2(CN=C(N)N2CC2CC2)C1. The second-order valence-electron chi connectivity index (χ2n) is 5.79. The van der Waals surface area contributed by atoms with Crippen molar-refractivity contribution in [1.29, 1.82) is 0 Å². The van der Waals surface area contributed by atoms with Crippen LogP contribution in [-0.4, -0.2) is 54.5 Å². The average Bonchev–Trinajstić information content (AvgIpc) is 3.02. The Morgan fingerprint density at radius 2 is 2.31 bits per heavy atom. The summed E-state index contributed by atoms with van der Waals surface area (Å²) in [5.74, 6) is 1.68.